The zero-order chi connectivity index (χ0) is 20.6. The number of hydrogen-bond donors (Lipinski definition) is 2. The molecule has 0 aromatic heterocycles. The molecular formula is C24H23NO3S. The Hall–Kier alpha value is -3.18. The summed E-state index contributed by atoms with van der Waals surface area (Å²) in [5.74, 6) is -0.120. The molecule has 148 valence electrons. The summed E-state index contributed by atoms with van der Waals surface area (Å²) in [5.41, 5.74) is 3.99. The zero-order valence-corrected chi connectivity index (χ0v) is 17.0. The number of nitrogens with one attached hydrogen (secondary N) is 1. The molecule has 29 heavy (non-hydrogen) atoms. The van der Waals surface area contributed by atoms with Gasteiger partial charge < -0.3 is 15.2 Å². The van der Waals surface area contributed by atoms with E-state index in [0.717, 1.165) is 28.0 Å². The van der Waals surface area contributed by atoms with Crippen LogP contribution in [0.25, 0.3) is 11.1 Å². The highest BCUT2D eigenvalue weighted by molar-refractivity contribution is 7.80. The summed E-state index contributed by atoms with van der Waals surface area (Å²) >= 11 is 5.37. The summed E-state index contributed by atoms with van der Waals surface area (Å²) in [5, 5.41) is 12.6. The molecular weight excluding hydrogens is 382 g/mol. The molecule has 5 heteroatoms. The Morgan fingerprint density at radius 1 is 0.966 bits per heavy atom. The van der Waals surface area contributed by atoms with Crippen LogP contribution < -0.4 is 10.1 Å². The van der Waals surface area contributed by atoms with Gasteiger partial charge in [0.05, 0.1) is 12.1 Å². The average Bonchev–Trinajstić information content (AvgIpc) is 2.74. The van der Waals surface area contributed by atoms with Crippen molar-refractivity contribution >= 4 is 23.2 Å². The van der Waals surface area contributed by atoms with Crippen molar-refractivity contribution in [3.05, 3.63) is 90.0 Å². The lowest BCUT2D eigenvalue weighted by molar-refractivity contribution is -0.139. The highest BCUT2D eigenvalue weighted by Crippen LogP contribution is 2.29. The normalized spacial score (nSPS) is 11.5. The molecule has 0 heterocycles. The molecule has 0 fully saturated rings. The number of carboxylic acids is 1. The molecule has 0 amide bonds. The van der Waals surface area contributed by atoms with Gasteiger partial charge in [-0.2, -0.15) is 0 Å². The zero-order valence-electron chi connectivity index (χ0n) is 16.2. The Labute approximate surface area is 176 Å². The van der Waals surface area contributed by atoms with E-state index in [1.807, 2.05) is 78.9 Å². The van der Waals surface area contributed by atoms with Crippen molar-refractivity contribution < 1.29 is 14.6 Å². The smallest absolute Gasteiger partial charge is 0.326 e. The number of thiocarbonyl (C=S) groups is 1. The van der Waals surface area contributed by atoms with Crippen LogP contribution in [0.3, 0.4) is 0 Å². The molecule has 0 saturated carbocycles. The highest BCUT2D eigenvalue weighted by atomic mass is 32.1. The first-order valence-electron chi connectivity index (χ1n) is 9.35. The largest absolute Gasteiger partial charge is 0.496 e. The molecule has 2 N–H and O–H groups in total. The van der Waals surface area contributed by atoms with Crippen molar-refractivity contribution in [3.8, 4) is 16.9 Å². The van der Waals surface area contributed by atoms with Crippen LogP contribution in [0.15, 0.2) is 78.9 Å². The summed E-state index contributed by atoms with van der Waals surface area (Å²) in [6.45, 7) is 0. The van der Waals surface area contributed by atoms with Crippen LogP contribution in [0.2, 0.25) is 0 Å². The first-order chi connectivity index (χ1) is 14.1. The van der Waals surface area contributed by atoms with Crippen LogP contribution in [-0.4, -0.2) is 29.2 Å². The minimum absolute atomic E-state index is 0.344. The maximum atomic E-state index is 11.7. The predicted molar refractivity (Wildman–Crippen MR) is 119 cm³/mol. The molecule has 3 aromatic carbocycles. The van der Waals surface area contributed by atoms with E-state index in [9.17, 15) is 9.90 Å². The van der Waals surface area contributed by atoms with E-state index in [0.29, 0.717) is 17.8 Å². The summed E-state index contributed by atoms with van der Waals surface area (Å²) in [7, 11) is 1.65. The van der Waals surface area contributed by atoms with Crippen molar-refractivity contribution in [2.45, 2.75) is 18.9 Å². The lowest BCUT2D eigenvalue weighted by atomic mass is 10.00. The van der Waals surface area contributed by atoms with Crippen molar-refractivity contribution in [3.63, 3.8) is 0 Å². The topological polar surface area (TPSA) is 58.6 Å². The molecule has 0 aliphatic rings. The van der Waals surface area contributed by atoms with Crippen molar-refractivity contribution in [2.24, 2.45) is 0 Å². The van der Waals surface area contributed by atoms with Crippen molar-refractivity contribution in [1.29, 1.82) is 0 Å². The predicted octanol–water partition coefficient (Wildman–Crippen LogP) is 4.52. The maximum Gasteiger partial charge on any atom is 0.326 e. The average molecular weight is 406 g/mol. The monoisotopic (exact) mass is 405 g/mol. The number of rotatable bonds is 8. The number of aliphatic carboxylic acids is 1. The number of benzene rings is 3. The van der Waals surface area contributed by atoms with Gasteiger partial charge in [0.25, 0.3) is 0 Å². The van der Waals surface area contributed by atoms with Gasteiger partial charge >= 0.3 is 5.97 Å². The van der Waals surface area contributed by atoms with Crippen LogP contribution in [-0.2, 0) is 17.6 Å². The van der Waals surface area contributed by atoms with Gasteiger partial charge in [0, 0.05) is 18.4 Å². The van der Waals surface area contributed by atoms with E-state index in [2.05, 4.69) is 5.32 Å². The second-order valence-electron chi connectivity index (χ2n) is 6.72. The summed E-state index contributed by atoms with van der Waals surface area (Å²) in [6.07, 6.45) is 0.864. The third-order valence-electron chi connectivity index (χ3n) is 4.65. The molecule has 0 saturated heterocycles. The lowest BCUT2D eigenvalue weighted by Crippen LogP contribution is -2.42. The molecule has 0 radical (unpaired) electrons. The van der Waals surface area contributed by atoms with Gasteiger partial charge in [0.2, 0.25) is 0 Å². The van der Waals surface area contributed by atoms with Crippen LogP contribution in [0.4, 0.5) is 0 Å². The molecule has 0 aliphatic heterocycles. The number of para-hydroxylation sites is 1. The summed E-state index contributed by atoms with van der Waals surface area (Å²) in [6, 6.07) is 24.6. The standard InChI is InChI=1S/C24H23NO3S/c1-28-22-10-6-5-9-20(22)19-13-11-18(12-14-19)15-21(24(26)27)25-23(29)16-17-7-3-2-4-8-17/h2-14,21H,15-16H2,1H3,(H,25,29)(H,26,27)/t21-/m0/s1. The fourth-order valence-corrected chi connectivity index (χ4v) is 3.47. The maximum absolute atomic E-state index is 11.7. The molecule has 1 atom stereocenters. The number of carboxylic acid groups (broad SMARTS) is 1. The second-order valence-corrected chi connectivity index (χ2v) is 7.21. The fourth-order valence-electron chi connectivity index (χ4n) is 3.17. The van der Waals surface area contributed by atoms with Gasteiger partial charge in [-0.1, -0.05) is 85.0 Å². The number of hydrogen-bond acceptors (Lipinski definition) is 3. The third-order valence-corrected chi connectivity index (χ3v) is 4.91. The summed E-state index contributed by atoms with van der Waals surface area (Å²) < 4.78 is 5.42. The Morgan fingerprint density at radius 3 is 2.28 bits per heavy atom. The first-order valence-corrected chi connectivity index (χ1v) is 9.76. The Morgan fingerprint density at radius 2 is 1.62 bits per heavy atom. The van der Waals surface area contributed by atoms with E-state index in [1.165, 1.54) is 0 Å². The molecule has 0 bridgehead atoms. The van der Waals surface area contributed by atoms with E-state index in [4.69, 9.17) is 17.0 Å². The quantitative estimate of drug-likeness (QED) is 0.540. The van der Waals surface area contributed by atoms with Crippen molar-refractivity contribution in [2.75, 3.05) is 7.11 Å². The minimum atomic E-state index is -0.922. The van der Waals surface area contributed by atoms with Gasteiger partial charge in [-0.25, -0.2) is 4.79 Å². The van der Waals surface area contributed by atoms with Crippen LogP contribution in [0, 0.1) is 0 Å². The number of methoxy groups -OCH3 is 1. The van der Waals surface area contributed by atoms with Gasteiger partial charge in [-0.05, 0) is 22.8 Å². The van der Waals surface area contributed by atoms with Gasteiger partial charge in [-0.15, -0.1) is 0 Å². The SMILES string of the molecule is COc1ccccc1-c1ccc(C[C@H](NC(=S)Cc2ccccc2)C(=O)O)cc1. The van der Waals surface area contributed by atoms with Gasteiger partial charge in [0.1, 0.15) is 11.8 Å². The van der Waals surface area contributed by atoms with Crippen molar-refractivity contribution in [1.82, 2.24) is 5.32 Å². The fraction of sp³-hybridized carbons (Fsp3) is 0.167. The molecule has 0 spiro atoms. The number of ether oxygens (including phenoxy) is 1. The highest BCUT2D eigenvalue weighted by Gasteiger charge is 2.19. The molecule has 0 aliphatic carbocycles. The Balaban J connectivity index is 1.67. The Kier molecular flexibility index (Phi) is 6.98. The van der Waals surface area contributed by atoms with E-state index < -0.39 is 12.0 Å². The van der Waals surface area contributed by atoms with Crippen LogP contribution >= 0.6 is 12.2 Å². The van der Waals surface area contributed by atoms with Crippen LogP contribution in [0.1, 0.15) is 11.1 Å². The van der Waals surface area contributed by atoms with E-state index >= 15 is 0 Å². The lowest BCUT2D eigenvalue weighted by Gasteiger charge is -2.17. The molecule has 3 aromatic rings. The minimum Gasteiger partial charge on any atom is -0.496 e. The Bertz CT molecular complexity index is 971. The van der Waals surface area contributed by atoms with Gasteiger partial charge in [-0.3, -0.25) is 0 Å². The molecule has 0 unspecified atom stereocenters. The van der Waals surface area contributed by atoms with E-state index in [-0.39, 0.29) is 0 Å². The molecule has 3 rings (SSSR count). The third kappa shape index (κ3) is 5.65. The van der Waals surface area contributed by atoms with Crippen LogP contribution in [0.5, 0.6) is 5.75 Å². The van der Waals surface area contributed by atoms with Gasteiger partial charge in [0.15, 0.2) is 0 Å². The second kappa shape index (κ2) is 9.85. The van der Waals surface area contributed by atoms with E-state index in [1.54, 1.807) is 7.11 Å². The molecule has 4 nitrogen and oxygen atoms in total. The number of carbonyl (C=O) groups is 1. The summed E-state index contributed by atoms with van der Waals surface area (Å²) in [4.78, 5) is 12.2. The first kappa shape index (κ1) is 20.6.